The Morgan fingerprint density at radius 3 is 1.70 bits per heavy atom. The number of amides is 2. The van der Waals surface area contributed by atoms with Crippen LogP contribution in [0.1, 0.15) is 27.6 Å². The number of rotatable bonds is 3. The van der Waals surface area contributed by atoms with E-state index in [4.69, 9.17) is 0 Å². The van der Waals surface area contributed by atoms with Crippen LogP contribution in [0.15, 0.2) is 24.3 Å². The molecule has 5 nitrogen and oxygen atoms in total. The first-order chi connectivity index (χ1) is 12.7. The number of ether oxygens (including phenoxy) is 1. The quantitative estimate of drug-likeness (QED) is 0.204. The lowest BCUT2D eigenvalue weighted by molar-refractivity contribution is -0.138. The van der Waals surface area contributed by atoms with Crippen LogP contribution in [0.2, 0.25) is 0 Å². The van der Waals surface area contributed by atoms with Gasteiger partial charge in [-0.1, -0.05) is 12.1 Å². The molecule has 3 rings (SSSR count). The Balaban J connectivity index is 1.91. The third-order valence-electron chi connectivity index (χ3n) is 3.93. The van der Waals surface area contributed by atoms with Crippen molar-refractivity contribution in [3.63, 3.8) is 0 Å². The zero-order chi connectivity index (χ0) is 20.0. The first-order valence-electron chi connectivity index (χ1n) is 7.36. The molecule has 0 spiro atoms. The third-order valence-corrected chi connectivity index (χ3v) is 3.93. The number of benzene rings is 2. The zero-order valence-electron chi connectivity index (χ0n) is 13.4. The highest BCUT2D eigenvalue weighted by atomic mass is 19.2. The molecule has 0 fully saturated rings. The van der Waals surface area contributed by atoms with Gasteiger partial charge in [-0.15, -0.1) is 0 Å². The molecule has 0 saturated heterocycles. The summed E-state index contributed by atoms with van der Waals surface area (Å²) in [7, 11) is 0. The van der Waals surface area contributed by atoms with Gasteiger partial charge in [-0.2, -0.15) is 8.78 Å². The summed E-state index contributed by atoms with van der Waals surface area (Å²) in [4.78, 5) is 37.1. The molecule has 0 aliphatic carbocycles. The van der Waals surface area contributed by atoms with Crippen LogP contribution >= 0.6 is 0 Å². The van der Waals surface area contributed by atoms with Gasteiger partial charge in [-0.25, -0.2) is 18.0 Å². The Bertz CT molecular complexity index is 943. The molecule has 2 aromatic carbocycles. The van der Waals surface area contributed by atoms with E-state index in [2.05, 4.69) is 4.74 Å². The smallest absolute Gasteiger partial charge is 0.334 e. The van der Waals surface area contributed by atoms with Crippen molar-refractivity contribution >= 4 is 17.8 Å². The van der Waals surface area contributed by atoms with E-state index in [0.29, 0.717) is 4.90 Å². The molecule has 27 heavy (non-hydrogen) atoms. The molecule has 0 N–H and O–H groups in total. The molecular formula is C17H8F5NO4. The fourth-order valence-corrected chi connectivity index (χ4v) is 2.53. The second-order valence-corrected chi connectivity index (χ2v) is 5.52. The van der Waals surface area contributed by atoms with Gasteiger partial charge in [-0.3, -0.25) is 14.5 Å². The highest BCUT2D eigenvalue weighted by Crippen LogP contribution is 2.30. The van der Waals surface area contributed by atoms with E-state index in [9.17, 15) is 36.3 Å². The Hall–Kier alpha value is -3.30. The van der Waals surface area contributed by atoms with Crippen LogP contribution in [0.3, 0.4) is 0 Å². The number of hydrogen-bond donors (Lipinski definition) is 0. The fourth-order valence-electron chi connectivity index (χ4n) is 2.53. The van der Waals surface area contributed by atoms with Crippen molar-refractivity contribution in [2.75, 3.05) is 0 Å². The molecule has 1 heterocycles. The summed E-state index contributed by atoms with van der Waals surface area (Å²) in [5, 5.41) is 0. The predicted molar refractivity (Wildman–Crippen MR) is 78.3 cm³/mol. The summed E-state index contributed by atoms with van der Waals surface area (Å²) in [5.41, 5.74) is -0.00300. The van der Waals surface area contributed by atoms with E-state index >= 15 is 0 Å². The molecular weight excluding hydrogens is 377 g/mol. The fraction of sp³-hybridized carbons (Fsp3) is 0.118. The van der Waals surface area contributed by atoms with Crippen molar-refractivity contribution in [1.82, 2.24) is 4.90 Å². The minimum atomic E-state index is -2.42. The van der Waals surface area contributed by atoms with Crippen LogP contribution < -0.4 is 4.74 Å². The maximum absolute atomic E-state index is 13.6. The molecule has 2 amide bonds. The lowest BCUT2D eigenvalue weighted by Gasteiger charge is -2.21. The minimum Gasteiger partial charge on any atom is -0.418 e. The van der Waals surface area contributed by atoms with Gasteiger partial charge >= 0.3 is 5.97 Å². The van der Waals surface area contributed by atoms with E-state index in [1.165, 1.54) is 24.3 Å². The van der Waals surface area contributed by atoms with Gasteiger partial charge in [0.2, 0.25) is 34.8 Å². The van der Waals surface area contributed by atoms with Crippen molar-refractivity contribution < 1.29 is 41.1 Å². The Labute approximate surface area is 147 Å². The number of carbonyl (C=O) groups excluding carboxylic acids is 3. The number of hydrogen-bond acceptors (Lipinski definition) is 4. The van der Waals surface area contributed by atoms with E-state index in [-0.39, 0.29) is 11.1 Å². The number of fused-ring (bicyclic) bond motifs is 1. The summed E-state index contributed by atoms with van der Waals surface area (Å²) in [6.07, 6.45) is 0. The van der Waals surface area contributed by atoms with Crippen LogP contribution in [0.5, 0.6) is 5.75 Å². The maximum atomic E-state index is 13.6. The lowest BCUT2D eigenvalue weighted by atomic mass is 10.1. The number of halogens is 5. The van der Waals surface area contributed by atoms with Gasteiger partial charge in [0.05, 0.1) is 11.1 Å². The lowest BCUT2D eigenvalue weighted by Crippen LogP contribution is -2.44. The monoisotopic (exact) mass is 385 g/mol. The molecule has 1 aliphatic heterocycles. The second-order valence-electron chi connectivity index (χ2n) is 5.52. The number of imide groups is 1. The van der Waals surface area contributed by atoms with Crippen molar-refractivity contribution in [2.45, 2.75) is 13.0 Å². The molecule has 0 radical (unpaired) electrons. The number of nitrogens with zero attached hydrogens (tertiary/aromatic N) is 1. The van der Waals surface area contributed by atoms with E-state index in [1.54, 1.807) is 0 Å². The zero-order valence-corrected chi connectivity index (χ0v) is 13.4. The van der Waals surface area contributed by atoms with Crippen LogP contribution in [-0.4, -0.2) is 28.7 Å². The van der Waals surface area contributed by atoms with Gasteiger partial charge in [0.15, 0.2) is 0 Å². The van der Waals surface area contributed by atoms with E-state index < -0.39 is 58.7 Å². The van der Waals surface area contributed by atoms with Crippen LogP contribution in [0, 0.1) is 29.1 Å². The van der Waals surface area contributed by atoms with Crippen LogP contribution in [0.4, 0.5) is 22.0 Å². The molecule has 0 unspecified atom stereocenters. The van der Waals surface area contributed by atoms with Gasteiger partial charge in [0.1, 0.15) is 6.04 Å². The van der Waals surface area contributed by atoms with Crippen LogP contribution in [0.25, 0.3) is 0 Å². The Morgan fingerprint density at radius 2 is 1.26 bits per heavy atom. The van der Waals surface area contributed by atoms with E-state index in [0.717, 1.165) is 6.92 Å². The molecule has 0 aromatic heterocycles. The SMILES string of the molecule is C[C@@H](C(=O)Oc1c(F)c(F)c(F)c(F)c1F)N1C(=O)c2ccccc2C1=O. The van der Waals surface area contributed by atoms with Crippen molar-refractivity contribution in [2.24, 2.45) is 0 Å². The normalized spacial score (nSPS) is 14.4. The first kappa shape index (κ1) is 18.5. The molecule has 1 atom stereocenters. The standard InChI is InChI=1S/C17H8F5NO4/c1-6(23-15(24)7-4-2-3-5-8(7)16(23)25)17(26)27-14-12(21)10(19)9(18)11(20)13(14)22/h2-6H,1H3/t6-/m0/s1. The summed E-state index contributed by atoms with van der Waals surface area (Å²) in [6, 6.07) is 3.93. The number of esters is 1. The summed E-state index contributed by atoms with van der Waals surface area (Å²) < 4.78 is 70.9. The van der Waals surface area contributed by atoms with Crippen molar-refractivity contribution in [3.8, 4) is 5.75 Å². The van der Waals surface area contributed by atoms with Crippen molar-refractivity contribution in [3.05, 3.63) is 64.5 Å². The molecule has 10 heteroatoms. The Kier molecular flexibility index (Phi) is 4.42. The van der Waals surface area contributed by atoms with Crippen LogP contribution in [-0.2, 0) is 4.79 Å². The third kappa shape index (κ3) is 2.73. The van der Waals surface area contributed by atoms with Gasteiger partial charge in [-0.05, 0) is 19.1 Å². The molecule has 140 valence electrons. The molecule has 0 bridgehead atoms. The van der Waals surface area contributed by atoms with Gasteiger partial charge in [0.25, 0.3) is 11.8 Å². The minimum absolute atomic E-state index is 0.00150. The van der Waals surface area contributed by atoms with Gasteiger partial charge < -0.3 is 4.74 Å². The summed E-state index contributed by atoms with van der Waals surface area (Å²) >= 11 is 0. The summed E-state index contributed by atoms with van der Waals surface area (Å²) in [5.74, 6) is -16.8. The van der Waals surface area contributed by atoms with Crippen molar-refractivity contribution in [1.29, 1.82) is 0 Å². The maximum Gasteiger partial charge on any atom is 0.334 e. The molecule has 1 aliphatic rings. The molecule has 2 aromatic rings. The highest BCUT2D eigenvalue weighted by Gasteiger charge is 2.42. The highest BCUT2D eigenvalue weighted by molar-refractivity contribution is 6.22. The number of carbonyl (C=O) groups is 3. The topological polar surface area (TPSA) is 63.7 Å². The second kappa shape index (κ2) is 6.45. The first-order valence-corrected chi connectivity index (χ1v) is 7.36. The largest absolute Gasteiger partial charge is 0.418 e. The molecule has 0 saturated carbocycles. The average molecular weight is 385 g/mol. The Morgan fingerprint density at radius 1 is 0.852 bits per heavy atom. The van der Waals surface area contributed by atoms with Gasteiger partial charge in [0, 0.05) is 0 Å². The van der Waals surface area contributed by atoms with E-state index in [1.807, 2.05) is 0 Å². The summed E-state index contributed by atoms with van der Waals surface area (Å²) in [6.45, 7) is 1.01. The average Bonchev–Trinajstić information content (AvgIpc) is 2.92. The predicted octanol–water partition coefficient (Wildman–Crippen LogP) is 2.97.